The van der Waals surface area contributed by atoms with Gasteiger partial charge >= 0.3 is 12.3 Å². The molecule has 2 aliphatic rings. The van der Waals surface area contributed by atoms with Crippen molar-refractivity contribution in [3.63, 3.8) is 0 Å². The molecule has 3 atom stereocenters. The molecule has 0 aromatic heterocycles. The Morgan fingerprint density at radius 2 is 1.93 bits per heavy atom. The summed E-state index contributed by atoms with van der Waals surface area (Å²) < 4.78 is 44.4. The molecule has 1 aliphatic carbocycles. The molecule has 162 valence electrons. The number of hydrogen-bond acceptors (Lipinski definition) is 3. The molecule has 1 amide bonds. The van der Waals surface area contributed by atoms with E-state index in [2.05, 4.69) is 0 Å². The molecule has 7 heteroatoms. The van der Waals surface area contributed by atoms with Gasteiger partial charge in [0.15, 0.2) is 0 Å². The average molecular weight is 421 g/mol. The molecule has 30 heavy (non-hydrogen) atoms. The summed E-state index contributed by atoms with van der Waals surface area (Å²) in [6, 6.07) is 8.46. The molecular formula is C23H26F3NO3. The van der Waals surface area contributed by atoms with E-state index in [1.807, 2.05) is 37.3 Å². The Bertz CT molecular complexity index is 817. The topological polar surface area (TPSA) is 46.6 Å². The van der Waals surface area contributed by atoms with Gasteiger partial charge in [-0.05, 0) is 18.4 Å². The van der Waals surface area contributed by atoms with Crippen LogP contribution in [0, 0.1) is 5.92 Å². The molecule has 1 aromatic rings. The maximum Gasteiger partial charge on any atom is 0.416 e. The molecule has 0 saturated carbocycles. The first-order valence-electron chi connectivity index (χ1n) is 10.3. The van der Waals surface area contributed by atoms with Crippen LogP contribution < -0.4 is 0 Å². The number of Topliss-reactive ketones (excluding diaryl/α,β-unsaturated/α-hetero) is 1. The highest BCUT2D eigenvalue weighted by Crippen LogP contribution is 2.36. The van der Waals surface area contributed by atoms with Crippen molar-refractivity contribution in [3.05, 3.63) is 59.7 Å². The Balaban J connectivity index is 1.78. The lowest BCUT2D eigenvalue weighted by molar-refractivity contribution is -0.125. The molecule has 0 N–H and O–H groups in total. The van der Waals surface area contributed by atoms with E-state index in [1.54, 1.807) is 4.90 Å². The number of benzene rings is 1. The average Bonchev–Trinajstić information content (AvgIpc) is 2.72. The molecular weight excluding hydrogens is 395 g/mol. The van der Waals surface area contributed by atoms with Crippen molar-refractivity contribution in [2.75, 3.05) is 0 Å². The molecule has 1 saturated heterocycles. The fraction of sp³-hybridized carbons (Fsp3) is 0.478. The highest BCUT2D eigenvalue weighted by atomic mass is 19.4. The number of allylic oxidation sites excluding steroid dienone is 3. The van der Waals surface area contributed by atoms with Gasteiger partial charge in [-0.1, -0.05) is 61.9 Å². The Labute approximate surface area is 174 Å². The highest BCUT2D eigenvalue weighted by molar-refractivity contribution is 5.83. The van der Waals surface area contributed by atoms with Gasteiger partial charge in [0, 0.05) is 30.8 Å². The largest absolute Gasteiger partial charge is 0.445 e. The molecule has 3 rings (SSSR count). The van der Waals surface area contributed by atoms with Gasteiger partial charge in [-0.15, -0.1) is 0 Å². The summed E-state index contributed by atoms with van der Waals surface area (Å²) >= 11 is 0. The molecule has 1 heterocycles. The Morgan fingerprint density at radius 1 is 1.20 bits per heavy atom. The van der Waals surface area contributed by atoms with Gasteiger partial charge < -0.3 is 9.64 Å². The van der Waals surface area contributed by atoms with E-state index < -0.39 is 23.9 Å². The first-order valence-corrected chi connectivity index (χ1v) is 10.3. The lowest BCUT2D eigenvalue weighted by atomic mass is 9.81. The van der Waals surface area contributed by atoms with E-state index in [9.17, 15) is 22.8 Å². The number of ketones is 1. The van der Waals surface area contributed by atoms with Gasteiger partial charge in [0.25, 0.3) is 0 Å². The summed E-state index contributed by atoms with van der Waals surface area (Å²) in [5.41, 5.74) is 0.155. The van der Waals surface area contributed by atoms with E-state index in [0.717, 1.165) is 24.1 Å². The third kappa shape index (κ3) is 5.32. The Morgan fingerprint density at radius 3 is 2.53 bits per heavy atom. The second-order valence-electron chi connectivity index (χ2n) is 7.82. The van der Waals surface area contributed by atoms with E-state index in [-0.39, 0.29) is 43.6 Å². The number of likely N-dealkylation sites (tertiary alicyclic amines) is 1. The van der Waals surface area contributed by atoms with Crippen LogP contribution in [0.5, 0.6) is 0 Å². The first-order chi connectivity index (χ1) is 14.3. The van der Waals surface area contributed by atoms with Crippen molar-refractivity contribution in [3.8, 4) is 0 Å². The van der Waals surface area contributed by atoms with Gasteiger partial charge in [0.05, 0.1) is 5.57 Å². The van der Waals surface area contributed by atoms with Crippen LogP contribution in [-0.4, -0.2) is 35.0 Å². The number of ether oxygens (including phenoxy) is 1. The molecule has 1 fully saturated rings. The van der Waals surface area contributed by atoms with Gasteiger partial charge in [-0.3, -0.25) is 4.79 Å². The second kappa shape index (κ2) is 9.49. The summed E-state index contributed by atoms with van der Waals surface area (Å²) in [5.74, 6) is -0.325. The second-order valence-corrected chi connectivity index (χ2v) is 7.82. The summed E-state index contributed by atoms with van der Waals surface area (Å²) in [4.78, 5) is 27.0. The van der Waals surface area contributed by atoms with Crippen molar-refractivity contribution in [1.29, 1.82) is 0 Å². The van der Waals surface area contributed by atoms with Crippen LogP contribution in [0.15, 0.2) is 54.1 Å². The number of carbonyl (C=O) groups excluding carboxylic acids is 2. The third-order valence-corrected chi connectivity index (χ3v) is 5.64. The van der Waals surface area contributed by atoms with Crippen LogP contribution >= 0.6 is 0 Å². The molecule has 0 radical (unpaired) electrons. The van der Waals surface area contributed by atoms with E-state index in [1.165, 1.54) is 6.08 Å². The SMILES string of the molecule is CCC[C@H]1CC(=O)C[C@H](C2C=CC(C(F)(F)F)=CC2)N1C(=O)OCc1ccccc1. The number of carbonyl (C=O) groups is 2. The minimum atomic E-state index is -4.40. The zero-order valence-electron chi connectivity index (χ0n) is 16.9. The van der Waals surface area contributed by atoms with Gasteiger partial charge in [0.1, 0.15) is 12.4 Å². The number of amides is 1. The van der Waals surface area contributed by atoms with Crippen LogP contribution in [0.25, 0.3) is 0 Å². The summed E-state index contributed by atoms with van der Waals surface area (Å²) in [5, 5.41) is 0. The summed E-state index contributed by atoms with van der Waals surface area (Å²) in [7, 11) is 0. The molecule has 1 aromatic carbocycles. The zero-order chi connectivity index (χ0) is 21.7. The van der Waals surface area contributed by atoms with Crippen LogP contribution in [0.4, 0.5) is 18.0 Å². The maximum absolute atomic E-state index is 13.0. The van der Waals surface area contributed by atoms with Crippen LogP contribution in [0.2, 0.25) is 0 Å². The quantitative estimate of drug-likeness (QED) is 0.623. The number of alkyl halides is 3. The summed E-state index contributed by atoms with van der Waals surface area (Å²) in [6.07, 6.45) is 0.695. The number of piperidine rings is 1. The van der Waals surface area contributed by atoms with Crippen molar-refractivity contribution in [2.45, 2.75) is 63.9 Å². The lowest BCUT2D eigenvalue weighted by Crippen LogP contribution is -2.55. The van der Waals surface area contributed by atoms with E-state index in [4.69, 9.17) is 4.74 Å². The third-order valence-electron chi connectivity index (χ3n) is 5.64. The number of nitrogens with zero attached hydrogens (tertiary/aromatic N) is 1. The Hall–Kier alpha value is -2.57. The monoisotopic (exact) mass is 421 g/mol. The van der Waals surface area contributed by atoms with E-state index in [0.29, 0.717) is 6.42 Å². The highest BCUT2D eigenvalue weighted by Gasteiger charge is 2.42. The van der Waals surface area contributed by atoms with Crippen molar-refractivity contribution >= 4 is 11.9 Å². The fourth-order valence-electron chi connectivity index (χ4n) is 4.19. The fourth-order valence-corrected chi connectivity index (χ4v) is 4.19. The van der Waals surface area contributed by atoms with Gasteiger partial charge in [0.2, 0.25) is 0 Å². The smallest absolute Gasteiger partial charge is 0.416 e. The minimum absolute atomic E-state index is 0.0320. The molecule has 0 bridgehead atoms. The van der Waals surface area contributed by atoms with Gasteiger partial charge in [-0.2, -0.15) is 13.2 Å². The van der Waals surface area contributed by atoms with Crippen LogP contribution in [0.3, 0.4) is 0 Å². The lowest BCUT2D eigenvalue weighted by Gasteiger charge is -2.44. The maximum atomic E-state index is 13.0. The standard InChI is InChI=1S/C23H26F3NO3/c1-2-6-19-13-20(28)14-21(17-9-11-18(12-10-17)23(24,25)26)27(19)22(29)30-15-16-7-4-3-5-8-16/h3-5,7-9,11-12,17,19,21H,2,6,10,13-15H2,1H3/t17?,19-,21+/m0/s1. The number of rotatable bonds is 5. The molecule has 0 spiro atoms. The predicted molar refractivity (Wildman–Crippen MR) is 107 cm³/mol. The van der Waals surface area contributed by atoms with Gasteiger partial charge in [-0.25, -0.2) is 4.79 Å². The first kappa shape index (κ1) is 22.1. The zero-order valence-corrected chi connectivity index (χ0v) is 16.9. The summed E-state index contributed by atoms with van der Waals surface area (Å²) in [6.45, 7) is 2.08. The molecule has 1 aliphatic heterocycles. The van der Waals surface area contributed by atoms with Crippen LogP contribution in [0.1, 0.15) is 44.6 Å². The van der Waals surface area contributed by atoms with Crippen LogP contribution in [-0.2, 0) is 16.1 Å². The predicted octanol–water partition coefficient (Wildman–Crippen LogP) is 5.59. The molecule has 4 nitrogen and oxygen atoms in total. The normalized spacial score (nSPS) is 24.5. The van der Waals surface area contributed by atoms with Crippen molar-refractivity contribution < 1.29 is 27.5 Å². The number of hydrogen-bond donors (Lipinski definition) is 0. The van der Waals surface area contributed by atoms with Crippen molar-refractivity contribution in [1.82, 2.24) is 4.90 Å². The van der Waals surface area contributed by atoms with Crippen molar-refractivity contribution in [2.24, 2.45) is 5.92 Å². The van der Waals surface area contributed by atoms with E-state index >= 15 is 0 Å². The number of halogens is 3. The Kier molecular flexibility index (Phi) is 7.00. The molecule has 1 unspecified atom stereocenters. The minimum Gasteiger partial charge on any atom is -0.445 e.